The molecule has 0 atom stereocenters. The lowest BCUT2D eigenvalue weighted by Gasteiger charge is -2.33. The second-order valence-electron chi connectivity index (χ2n) is 5.36. The first-order chi connectivity index (χ1) is 10.2. The Hall–Kier alpha value is -2.01. The van der Waals surface area contributed by atoms with Gasteiger partial charge in [-0.3, -0.25) is 0 Å². The number of likely N-dealkylation sites (N-methyl/N-ethyl adjacent to an activating group) is 1. The highest BCUT2D eigenvalue weighted by atomic mass is 16.5. The van der Waals surface area contributed by atoms with E-state index in [0.717, 1.165) is 48.6 Å². The average molecular weight is 287 g/mol. The molecule has 2 heterocycles. The number of aromatic nitrogens is 1. The third-order valence-electron chi connectivity index (χ3n) is 4.01. The lowest BCUT2D eigenvalue weighted by molar-refractivity contribution is 0.312. The maximum Gasteiger partial charge on any atom is 0.162 e. The molecule has 1 aliphatic heterocycles. The molecule has 112 valence electrons. The van der Waals surface area contributed by atoms with Gasteiger partial charge in [0.2, 0.25) is 0 Å². The van der Waals surface area contributed by atoms with Crippen LogP contribution in [0.15, 0.2) is 24.3 Å². The van der Waals surface area contributed by atoms with Crippen molar-refractivity contribution in [3.8, 4) is 11.5 Å². The molecule has 0 amide bonds. The summed E-state index contributed by atoms with van der Waals surface area (Å²) in [5.41, 5.74) is 0.934. The van der Waals surface area contributed by atoms with E-state index in [1.54, 1.807) is 14.2 Å². The quantitative estimate of drug-likeness (QED) is 0.863. The Morgan fingerprint density at radius 2 is 1.62 bits per heavy atom. The number of methoxy groups -OCH3 is 2. The van der Waals surface area contributed by atoms with Gasteiger partial charge in [-0.1, -0.05) is 0 Å². The van der Waals surface area contributed by atoms with Crippen LogP contribution in [0.4, 0.5) is 5.82 Å². The molecule has 0 radical (unpaired) electrons. The molecule has 0 aliphatic carbocycles. The van der Waals surface area contributed by atoms with Crippen LogP contribution in [0.25, 0.3) is 10.9 Å². The molecule has 1 fully saturated rings. The largest absolute Gasteiger partial charge is 0.493 e. The topological polar surface area (TPSA) is 37.8 Å². The van der Waals surface area contributed by atoms with Crippen LogP contribution in [-0.4, -0.2) is 57.3 Å². The zero-order valence-electron chi connectivity index (χ0n) is 12.8. The lowest BCUT2D eigenvalue weighted by Crippen LogP contribution is -2.44. The summed E-state index contributed by atoms with van der Waals surface area (Å²) in [7, 11) is 5.45. The lowest BCUT2D eigenvalue weighted by atomic mass is 10.2. The van der Waals surface area contributed by atoms with Crippen molar-refractivity contribution < 1.29 is 9.47 Å². The van der Waals surface area contributed by atoms with Gasteiger partial charge in [-0.25, -0.2) is 4.98 Å². The fourth-order valence-corrected chi connectivity index (χ4v) is 2.65. The summed E-state index contributed by atoms with van der Waals surface area (Å²) >= 11 is 0. The van der Waals surface area contributed by atoms with Crippen molar-refractivity contribution >= 4 is 16.7 Å². The molecule has 1 aliphatic rings. The van der Waals surface area contributed by atoms with Crippen molar-refractivity contribution in [3.05, 3.63) is 24.3 Å². The first-order valence-electron chi connectivity index (χ1n) is 7.17. The van der Waals surface area contributed by atoms with Crippen LogP contribution in [0.3, 0.4) is 0 Å². The number of ether oxygens (including phenoxy) is 2. The van der Waals surface area contributed by atoms with Crippen LogP contribution in [0, 0.1) is 0 Å². The third kappa shape index (κ3) is 2.74. The van der Waals surface area contributed by atoms with Crippen molar-refractivity contribution in [1.29, 1.82) is 0 Å². The van der Waals surface area contributed by atoms with E-state index in [1.165, 1.54) is 0 Å². The van der Waals surface area contributed by atoms with Gasteiger partial charge in [-0.2, -0.15) is 0 Å². The summed E-state index contributed by atoms with van der Waals surface area (Å²) in [6, 6.07) is 8.08. The van der Waals surface area contributed by atoms with E-state index in [2.05, 4.69) is 29.0 Å². The smallest absolute Gasteiger partial charge is 0.162 e. The zero-order valence-corrected chi connectivity index (χ0v) is 12.8. The number of piperazine rings is 1. The van der Waals surface area contributed by atoms with Gasteiger partial charge < -0.3 is 19.3 Å². The van der Waals surface area contributed by atoms with Gasteiger partial charge in [-0.05, 0) is 25.2 Å². The first-order valence-corrected chi connectivity index (χ1v) is 7.17. The Kier molecular flexibility index (Phi) is 3.84. The van der Waals surface area contributed by atoms with Crippen LogP contribution in [0.5, 0.6) is 11.5 Å². The van der Waals surface area contributed by atoms with E-state index in [9.17, 15) is 0 Å². The van der Waals surface area contributed by atoms with Gasteiger partial charge >= 0.3 is 0 Å². The molecular formula is C16H21N3O2. The highest BCUT2D eigenvalue weighted by Gasteiger charge is 2.16. The van der Waals surface area contributed by atoms with Crippen LogP contribution in [0.1, 0.15) is 0 Å². The van der Waals surface area contributed by atoms with Crippen molar-refractivity contribution in [3.63, 3.8) is 0 Å². The van der Waals surface area contributed by atoms with Crippen LogP contribution in [0.2, 0.25) is 0 Å². The van der Waals surface area contributed by atoms with Gasteiger partial charge in [0, 0.05) is 37.6 Å². The fourth-order valence-electron chi connectivity index (χ4n) is 2.65. The monoisotopic (exact) mass is 287 g/mol. The van der Waals surface area contributed by atoms with Crippen LogP contribution >= 0.6 is 0 Å². The summed E-state index contributed by atoms with van der Waals surface area (Å²) in [6.45, 7) is 4.18. The number of rotatable bonds is 3. The minimum Gasteiger partial charge on any atom is -0.493 e. The number of hydrogen-bond acceptors (Lipinski definition) is 5. The fraction of sp³-hybridized carbons (Fsp3) is 0.438. The van der Waals surface area contributed by atoms with Crippen molar-refractivity contribution in [2.45, 2.75) is 0 Å². The van der Waals surface area contributed by atoms with Gasteiger partial charge in [0.15, 0.2) is 11.5 Å². The summed E-state index contributed by atoms with van der Waals surface area (Å²) in [4.78, 5) is 9.45. The molecule has 3 rings (SSSR count). The van der Waals surface area contributed by atoms with Crippen molar-refractivity contribution in [2.75, 3.05) is 52.3 Å². The molecule has 21 heavy (non-hydrogen) atoms. The number of benzene rings is 1. The molecule has 0 bridgehead atoms. The third-order valence-corrected chi connectivity index (χ3v) is 4.01. The van der Waals surface area contributed by atoms with E-state index < -0.39 is 0 Å². The molecule has 2 aromatic rings. The molecule has 0 saturated carbocycles. The predicted octanol–water partition coefficient (Wildman–Crippen LogP) is 2.00. The molecule has 1 aromatic heterocycles. The van der Waals surface area contributed by atoms with Crippen LogP contribution in [-0.2, 0) is 0 Å². The number of fused-ring (bicyclic) bond motifs is 1. The minimum absolute atomic E-state index is 0.716. The van der Waals surface area contributed by atoms with Crippen LogP contribution < -0.4 is 14.4 Å². The van der Waals surface area contributed by atoms with E-state index in [0.29, 0.717) is 5.75 Å². The molecule has 0 unspecified atom stereocenters. The normalized spacial score (nSPS) is 16.2. The average Bonchev–Trinajstić information content (AvgIpc) is 2.53. The number of hydrogen-bond donors (Lipinski definition) is 0. The Morgan fingerprint density at radius 1 is 0.952 bits per heavy atom. The number of pyridine rings is 1. The summed E-state index contributed by atoms with van der Waals surface area (Å²) in [5, 5.41) is 1.06. The summed E-state index contributed by atoms with van der Waals surface area (Å²) in [5.74, 6) is 2.48. The molecule has 5 nitrogen and oxygen atoms in total. The summed E-state index contributed by atoms with van der Waals surface area (Å²) in [6.07, 6.45) is 0. The Bertz CT molecular complexity index is 637. The highest BCUT2D eigenvalue weighted by molar-refractivity contribution is 5.84. The van der Waals surface area contributed by atoms with E-state index in [-0.39, 0.29) is 0 Å². The van der Waals surface area contributed by atoms with Crippen molar-refractivity contribution in [2.24, 2.45) is 0 Å². The minimum atomic E-state index is 0.716. The maximum absolute atomic E-state index is 5.36. The Labute approximate surface area is 125 Å². The van der Waals surface area contributed by atoms with E-state index in [1.807, 2.05) is 12.1 Å². The second kappa shape index (κ2) is 5.77. The molecule has 0 N–H and O–H groups in total. The molecular weight excluding hydrogens is 266 g/mol. The number of anilines is 1. The number of nitrogens with zero attached hydrogens (tertiary/aromatic N) is 3. The van der Waals surface area contributed by atoms with Gasteiger partial charge in [0.1, 0.15) is 5.82 Å². The van der Waals surface area contributed by atoms with E-state index in [4.69, 9.17) is 14.5 Å². The molecule has 1 saturated heterocycles. The Balaban J connectivity index is 1.95. The maximum atomic E-state index is 5.36. The van der Waals surface area contributed by atoms with Gasteiger partial charge in [0.05, 0.1) is 19.7 Å². The summed E-state index contributed by atoms with van der Waals surface area (Å²) < 4.78 is 10.7. The SMILES string of the molecule is COc1cc2ccc(N3CCN(C)CC3)nc2cc1OC. The molecule has 0 spiro atoms. The van der Waals surface area contributed by atoms with Gasteiger partial charge in [-0.15, -0.1) is 0 Å². The zero-order chi connectivity index (χ0) is 14.8. The predicted molar refractivity (Wildman–Crippen MR) is 84.6 cm³/mol. The first kappa shape index (κ1) is 13.9. The molecule has 1 aromatic carbocycles. The standard InChI is InChI=1S/C16H21N3O2/c1-18-6-8-19(9-7-18)16-5-4-12-10-14(20-2)15(21-3)11-13(12)17-16/h4-5,10-11H,6-9H2,1-3H3. The second-order valence-corrected chi connectivity index (χ2v) is 5.36. The van der Waals surface area contributed by atoms with Gasteiger partial charge in [0.25, 0.3) is 0 Å². The highest BCUT2D eigenvalue weighted by Crippen LogP contribution is 2.32. The molecule has 5 heteroatoms. The van der Waals surface area contributed by atoms with Crippen molar-refractivity contribution in [1.82, 2.24) is 9.88 Å². The van der Waals surface area contributed by atoms with E-state index >= 15 is 0 Å². The Morgan fingerprint density at radius 3 is 2.29 bits per heavy atom.